The van der Waals surface area contributed by atoms with E-state index in [4.69, 9.17) is 0 Å². The normalized spacial score (nSPS) is 20.8. The number of rotatable bonds is 3. The average molecular weight is 340 g/mol. The highest BCUT2D eigenvalue weighted by Crippen LogP contribution is 2.28. The van der Waals surface area contributed by atoms with E-state index in [1.165, 1.54) is 34.4 Å². The lowest BCUT2D eigenvalue weighted by Crippen LogP contribution is -2.34. The van der Waals surface area contributed by atoms with Crippen LogP contribution in [0.3, 0.4) is 0 Å². The highest BCUT2D eigenvalue weighted by atomic mass is 79.9. The fourth-order valence-corrected chi connectivity index (χ4v) is 4.11. The second-order valence-electron chi connectivity index (χ2n) is 5.21. The molecule has 1 aliphatic heterocycles. The van der Waals surface area contributed by atoms with Gasteiger partial charge < -0.3 is 0 Å². The van der Waals surface area contributed by atoms with Crippen molar-refractivity contribution in [1.29, 1.82) is 0 Å². The first-order valence-corrected chi connectivity index (χ1v) is 8.33. The van der Waals surface area contributed by atoms with Crippen LogP contribution in [0.2, 0.25) is 0 Å². The highest BCUT2D eigenvalue weighted by molar-refractivity contribution is 9.11. The quantitative estimate of drug-likeness (QED) is 0.851. The second-order valence-corrected chi connectivity index (χ2v) is 7.50. The van der Waals surface area contributed by atoms with Gasteiger partial charge in [0.15, 0.2) is 0 Å². The molecule has 5 heteroatoms. The molecule has 102 valence electrons. The van der Waals surface area contributed by atoms with Gasteiger partial charge in [-0.2, -0.15) is 5.10 Å². The largest absolute Gasteiger partial charge is 0.298 e. The monoisotopic (exact) mass is 339 g/mol. The molecule has 3 heterocycles. The van der Waals surface area contributed by atoms with Crippen LogP contribution in [-0.4, -0.2) is 27.8 Å². The van der Waals surface area contributed by atoms with Gasteiger partial charge in [-0.15, -0.1) is 11.3 Å². The fraction of sp³-hybridized carbons (Fsp3) is 0.500. The van der Waals surface area contributed by atoms with Gasteiger partial charge in [0.1, 0.15) is 0 Å². The molecular formula is C14H18BrN3S. The Bertz CT molecular complexity index is 548. The zero-order chi connectivity index (χ0) is 13.2. The van der Waals surface area contributed by atoms with E-state index in [2.05, 4.69) is 43.4 Å². The molecule has 0 saturated carbocycles. The van der Waals surface area contributed by atoms with E-state index < -0.39 is 0 Å². The van der Waals surface area contributed by atoms with Gasteiger partial charge in [0, 0.05) is 37.9 Å². The molecule has 0 spiro atoms. The third-order valence-corrected chi connectivity index (χ3v) is 5.36. The molecule has 3 rings (SSSR count). The number of likely N-dealkylation sites (tertiary alicyclic amines) is 1. The standard InChI is InChI=1S/C14H18BrN3S/c1-17-13(4-5-16-17)12-3-2-6-18(9-12)8-11-7-14(15)19-10-11/h4-5,7,10,12H,2-3,6,8-9H2,1H3/t12-/m0/s1. The van der Waals surface area contributed by atoms with Crippen molar-refractivity contribution in [3.63, 3.8) is 0 Å². The van der Waals surface area contributed by atoms with Gasteiger partial charge >= 0.3 is 0 Å². The molecular weight excluding hydrogens is 322 g/mol. The van der Waals surface area contributed by atoms with Crippen molar-refractivity contribution in [2.45, 2.75) is 25.3 Å². The van der Waals surface area contributed by atoms with Gasteiger partial charge in [0.2, 0.25) is 0 Å². The number of hydrogen-bond acceptors (Lipinski definition) is 3. The predicted molar refractivity (Wildman–Crippen MR) is 82.5 cm³/mol. The maximum absolute atomic E-state index is 4.30. The maximum Gasteiger partial charge on any atom is 0.0701 e. The Labute approximate surface area is 126 Å². The zero-order valence-electron chi connectivity index (χ0n) is 11.1. The molecule has 2 aromatic heterocycles. The molecule has 0 N–H and O–H groups in total. The molecule has 2 aromatic rings. The van der Waals surface area contributed by atoms with Crippen LogP contribution in [0.15, 0.2) is 27.5 Å². The summed E-state index contributed by atoms with van der Waals surface area (Å²) in [5.41, 5.74) is 2.79. The van der Waals surface area contributed by atoms with Crippen molar-refractivity contribution in [2.24, 2.45) is 7.05 Å². The summed E-state index contributed by atoms with van der Waals surface area (Å²) in [6.45, 7) is 3.42. The summed E-state index contributed by atoms with van der Waals surface area (Å²) in [7, 11) is 2.05. The smallest absolute Gasteiger partial charge is 0.0701 e. The molecule has 1 saturated heterocycles. The highest BCUT2D eigenvalue weighted by Gasteiger charge is 2.23. The van der Waals surface area contributed by atoms with Gasteiger partial charge in [-0.25, -0.2) is 0 Å². The van der Waals surface area contributed by atoms with Crippen molar-refractivity contribution in [2.75, 3.05) is 13.1 Å². The van der Waals surface area contributed by atoms with E-state index in [1.807, 2.05) is 17.9 Å². The Morgan fingerprint density at radius 2 is 2.42 bits per heavy atom. The van der Waals surface area contributed by atoms with Gasteiger partial charge in [-0.1, -0.05) is 0 Å². The zero-order valence-corrected chi connectivity index (χ0v) is 13.5. The van der Waals surface area contributed by atoms with E-state index in [0.717, 1.165) is 13.1 Å². The second kappa shape index (κ2) is 5.77. The molecule has 1 atom stereocenters. The summed E-state index contributed by atoms with van der Waals surface area (Å²) in [6, 6.07) is 4.40. The Morgan fingerprint density at radius 3 is 3.11 bits per heavy atom. The first kappa shape index (κ1) is 13.3. The summed E-state index contributed by atoms with van der Waals surface area (Å²) in [5, 5.41) is 6.55. The molecule has 0 aromatic carbocycles. The van der Waals surface area contributed by atoms with Crippen molar-refractivity contribution in [3.05, 3.63) is 38.8 Å². The van der Waals surface area contributed by atoms with Crippen molar-refractivity contribution >= 4 is 27.3 Å². The predicted octanol–water partition coefficient (Wildman–Crippen LogP) is 3.62. The van der Waals surface area contributed by atoms with Gasteiger partial charge in [-0.3, -0.25) is 9.58 Å². The molecule has 0 aliphatic carbocycles. The molecule has 0 amide bonds. The Morgan fingerprint density at radius 1 is 1.53 bits per heavy atom. The van der Waals surface area contributed by atoms with E-state index in [-0.39, 0.29) is 0 Å². The number of aryl methyl sites for hydroxylation is 1. The first-order chi connectivity index (χ1) is 9.22. The van der Waals surface area contributed by atoms with Crippen molar-refractivity contribution in [1.82, 2.24) is 14.7 Å². The van der Waals surface area contributed by atoms with Crippen LogP contribution in [0.25, 0.3) is 0 Å². The molecule has 0 bridgehead atoms. The number of hydrogen-bond donors (Lipinski definition) is 0. The topological polar surface area (TPSA) is 21.1 Å². The Hall–Kier alpha value is -0.650. The van der Waals surface area contributed by atoms with Crippen molar-refractivity contribution < 1.29 is 0 Å². The van der Waals surface area contributed by atoms with Crippen LogP contribution in [0.5, 0.6) is 0 Å². The lowest BCUT2D eigenvalue weighted by Gasteiger charge is -2.32. The lowest BCUT2D eigenvalue weighted by molar-refractivity contribution is 0.197. The minimum atomic E-state index is 0.628. The van der Waals surface area contributed by atoms with Gasteiger partial charge in [-0.05, 0) is 58.4 Å². The van der Waals surface area contributed by atoms with Crippen LogP contribution >= 0.6 is 27.3 Å². The lowest BCUT2D eigenvalue weighted by atomic mass is 9.94. The van der Waals surface area contributed by atoms with Gasteiger partial charge in [0.05, 0.1) is 3.79 Å². The minimum absolute atomic E-state index is 0.628. The van der Waals surface area contributed by atoms with Gasteiger partial charge in [0.25, 0.3) is 0 Å². The van der Waals surface area contributed by atoms with Crippen LogP contribution < -0.4 is 0 Å². The third kappa shape index (κ3) is 3.09. The molecule has 0 radical (unpaired) electrons. The SMILES string of the molecule is Cn1nccc1[C@H]1CCCN(Cc2csc(Br)c2)C1. The van der Waals surface area contributed by atoms with Crippen molar-refractivity contribution in [3.8, 4) is 0 Å². The summed E-state index contributed by atoms with van der Waals surface area (Å²) >= 11 is 5.31. The first-order valence-electron chi connectivity index (χ1n) is 6.65. The van der Waals surface area contributed by atoms with Crippen LogP contribution in [0.4, 0.5) is 0 Å². The van der Waals surface area contributed by atoms with E-state index >= 15 is 0 Å². The Balaban J connectivity index is 1.66. The molecule has 3 nitrogen and oxygen atoms in total. The average Bonchev–Trinajstić information content (AvgIpc) is 2.99. The summed E-state index contributed by atoms with van der Waals surface area (Å²) in [5.74, 6) is 0.628. The van der Waals surface area contributed by atoms with E-state index in [1.54, 1.807) is 11.3 Å². The Kier molecular flexibility index (Phi) is 4.05. The number of halogens is 1. The number of thiophene rings is 1. The summed E-state index contributed by atoms with van der Waals surface area (Å²) in [6.07, 6.45) is 4.47. The summed E-state index contributed by atoms with van der Waals surface area (Å²) in [4.78, 5) is 2.57. The number of piperidine rings is 1. The van der Waals surface area contributed by atoms with E-state index in [0.29, 0.717) is 5.92 Å². The third-order valence-electron chi connectivity index (χ3n) is 3.81. The number of nitrogens with zero attached hydrogens (tertiary/aromatic N) is 3. The van der Waals surface area contributed by atoms with E-state index in [9.17, 15) is 0 Å². The molecule has 1 fully saturated rings. The minimum Gasteiger partial charge on any atom is -0.298 e. The van der Waals surface area contributed by atoms with Crippen LogP contribution in [0.1, 0.15) is 30.0 Å². The number of aromatic nitrogens is 2. The fourth-order valence-electron chi connectivity index (χ4n) is 2.91. The van der Waals surface area contributed by atoms with Crippen LogP contribution in [0, 0.1) is 0 Å². The van der Waals surface area contributed by atoms with Crippen LogP contribution in [-0.2, 0) is 13.6 Å². The molecule has 19 heavy (non-hydrogen) atoms. The summed E-state index contributed by atoms with van der Waals surface area (Å²) < 4.78 is 3.25. The molecule has 1 aliphatic rings. The molecule has 0 unspecified atom stereocenters. The maximum atomic E-state index is 4.30.